The van der Waals surface area contributed by atoms with Gasteiger partial charge in [0.15, 0.2) is 0 Å². The van der Waals surface area contributed by atoms with Crippen LogP contribution in [0.1, 0.15) is 12.5 Å². The Morgan fingerprint density at radius 1 is 1.04 bits per heavy atom. The highest BCUT2D eigenvalue weighted by atomic mass is 35.6. The second-order valence-corrected chi connectivity index (χ2v) is 8.82. The van der Waals surface area contributed by atoms with Gasteiger partial charge in [-0.05, 0) is 30.2 Å². The summed E-state index contributed by atoms with van der Waals surface area (Å²) in [5.74, 6) is 0.174. The van der Waals surface area contributed by atoms with Gasteiger partial charge in [-0.25, -0.2) is 0 Å². The predicted molar refractivity (Wildman–Crippen MR) is 108 cm³/mol. The molecule has 25 heavy (non-hydrogen) atoms. The van der Waals surface area contributed by atoms with Crippen LogP contribution in [0, 0.1) is 0 Å². The number of alkyl halides is 3. The molecule has 0 unspecified atom stereocenters. The summed E-state index contributed by atoms with van der Waals surface area (Å²) in [6, 6.07) is 19.7. The largest absolute Gasteiger partial charge is 0.311 e. The van der Waals surface area contributed by atoms with Crippen molar-refractivity contribution in [1.29, 1.82) is 0 Å². The number of carbonyl (C=O) groups excluding carboxylic acids is 1. The lowest BCUT2D eigenvalue weighted by Crippen LogP contribution is -2.35. The summed E-state index contributed by atoms with van der Waals surface area (Å²) in [5, 5.41) is 0. The molecule has 0 saturated heterocycles. The lowest BCUT2D eigenvalue weighted by Gasteiger charge is -2.23. The minimum atomic E-state index is -1.99. The topological polar surface area (TPSA) is 20.3 Å². The highest BCUT2D eigenvalue weighted by molar-refractivity contribution is 7.99. The number of thioether (sulfide) groups is 1. The molecule has 2 aromatic carbocycles. The van der Waals surface area contributed by atoms with Gasteiger partial charge in [0.2, 0.25) is 0 Å². The number of amides is 1. The molecular formula is C19H18Cl3NOS. The van der Waals surface area contributed by atoms with E-state index in [9.17, 15) is 4.79 Å². The summed E-state index contributed by atoms with van der Waals surface area (Å²) < 4.78 is -1.99. The van der Waals surface area contributed by atoms with E-state index in [1.165, 1.54) is 4.90 Å². The van der Waals surface area contributed by atoms with Crippen LogP contribution in [0.5, 0.6) is 0 Å². The van der Waals surface area contributed by atoms with Crippen LogP contribution in [-0.4, -0.2) is 20.4 Å². The van der Waals surface area contributed by atoms with Crippen molar-refractivity contribution < 1.29 is 4.79 Å². The molecule has 0 fully saturated rings. The minimum Gasteiger partial charge on any atom is -0.311 e. The Morgan fingerprint density at radius 3 is 2.16 bits per heavy atom. The Kier molecular flexibility index (Phi) is 7.70. The molecule has 0 aromatic heterocycles. The van der Waals surface area contributed by atoms with Crippen LogP contribution in [0.3, 0.4) is 0 Å². The molecule has 0 radical (unpaired) electrons. The zero-order valence-corrected chi connectivity index (χ0v) is 16.7. The van der Waals surface area contributed by atoms with Crippen LogP contribution in [0.2, 0.25) is 0 Å². The molecule has 0 bridgehead atoms. The zero-order valence-electron chi connectivity index (χ0n) is 13.7. The van der Waals surface area contributed by atoms with E-state index in [2.05, 4.69) is 0 Å². The Hall–Kier alpha value is -1.13. The summed E-state index contributed by atoms with van der Waals surface area (Å²) in [5.41, 5.74) is 1.97. The molecule has 0 heterocycles. The van der Waals surface area contributed by atoms with Crippen LogP contribution in [0.15, 0.2) is 77.3 Å². The molecule has 132 valence electrons. The first-order valence-electron chi connectivity index (χ1n) is 7.63. The Labute approximate surface area is 167 Å². The number of rotatable bonds is 6. The first-order valence-corrected chi connectivity index (χ1v) is 9.75. The predicted octanol–water partition coefficient (Wildman–Crippen LogP) is 6.08. The van der Waals surface area contributed by atoms with Gasteiger partial charge in [0, 0.05) is 16.8 Å². The third-order valence-corrected chi connectivity index (χ3v) is 4.98. The lowest BCUT2D eigenvalue weighted by molar-refractivity contribution is -0.128. The van der Waals surface area contributed by atoms with Crippen molar-refractivity contribution in [1.82, 2.24) is 4.90 Å². The Morgan fingerprint density at radius 2 is 1.60 bits per heavy atom. The highest BCUT2D eigenvalue weighted by Crippen LogP contribution is 2.30. The van der Waals surface area contributed by atoms with E-state index < -0.39 is 9.70 Å². The van der Waals surface area contributed by atoms with Crippen molar-refractivity contribution >= 4 is 52.5 Å². The quantitative estimate of drug-likeness (QED) is 0.421. The van der Waals surface area contributed by atoms with Gasteiger partial charge >= 0.3 is 0 Å². The van der Waals surface area contributed by atoms with Crippen molar-refractivity contribution in [3.05, 3.63) is 78.0 Å². The van der Waals surface area contributed by atoms with E-state index in [1.807, 2.05) is 67.6 Å². The third kappa shape index (κ3) is 6.95. The SMILES string of the molecule is C/C(=C\N(Cc1ccccc1)C(=O)C(Cl)(Cl)Cl)CSc1ccccc1. The molecule has 0 spiro atoms. The van der Waals surface area contributed by atoms with Crippen molar-refractivity contribution in [2.75, 3.05) is 5.75 Å². The second kappa shape index (κ2) is 9.54. The van der Waals surface area contributed by atoms with Gasteiger partial charge in [0.1, 0.15) is 0 Å². The first kappa shape index (κ1) is 20.2. The molecule has 0 saturated carbocycles. The molecule has 6 heteroatoms. The van der Waals surface area contributed by atoms with E-state index in [-0.39, 0.29) is 0 Å². The molecule has 1 amide bonds. The summed E-state index contributed by atoms with van der Waals surface area (Å²) in [4.78, 5) is 15.1. The van der Waals surface area contributed by atoms with E-state index in [0.717, 1.165) is 21.8 Å². The van der Waals surface area contributed by atoms with E-state index >= 15 is 0 Å². The molecular weight excluding hydrogens is 397 g/mol. The van der Waals surface area contributed by atoms with E-state index in [0.29, 0.717) is 6.54 Å². The standard InChI is InChI=1S/C19H18Cl3NOS/c1-15(14-25-17-10-6-3-7-11-17)12-23(18(24)19(20,21)22)13-16-8-4-2-5-9-16/h2-12H,13-14H2,1H3/b15-12+. The molecule has 0 aliphatic rings. The van der Waals surface area contributed by atoms with E-state index in [4.69, 9.17) is 34.8 Å². The normalized spacial score (nSPS) is 12.1. The summed E-state index contributed by atoms with van der Waals surface area (Å²) in [7, 11) is 0. The fraction of sp³-hybridized carbons (Fsp3) is 0.211. The van der Waals surface area contributed by atoms with Crippen LogP contribution in [-0.2, 0) is 11.3 Å². The lowest BCUT2D eigenvalue weighted by atomic mass is 10.2. The van der Waals surface area contributed by atoms with Gasteiger partial charge in [-0.3, -0.25) is 4.79 Å². The average Bonchev–Trinajstić information content (AvgIpc) is 2.60. The molecule has 2 rings (SSSR count). The summed E-state index contributed by atoms with van der Waals surface area (Å²) in [6.07, 6.45) is 1.76. The van der Waals surface area contributed by atoms with Crippen molar-refractivity contribution in [3.63, 3.8) is 0 Å². The van der Waals surface area contributed by atoms with Gasteiger partial charge in [0.05, 0.1) is 6.54 Å². The maximum Gasteiger partial charge on any atom is 0.278 e. The average molecular weight is 415 g/mol. The van der Waals surface area contributed by atoms with Gasteiger partial charge in [-0.15, -0.1) is 11.8 Å². The smallest absolute Gasteiger partial charge is 0.278 e. The molecule has 2 aromatic rings. The number of hydrogen-bond acceptors (Lipinski definition) is 2. The zero-order chi connectivity index (χ0) is 18.3. The van der Waals surface area contributed by atoms with Gasteiger partial charge in [-0.1, -0.05) is 83.3 Å². The number of hydrogen-bond donors (Lipinski definition) is 0. The maximum absolute atomic E-state index is 12.5. The molecule has 0 aliphatic heterocycles. The Balaban J connectivity index is 2.12. The highest BCUT2D eigenvalue weighted by Gasteiger charge is 2.34. The van der Waals surface area contributed by atoms with Crippen LogP contribution in [0.4, 0.5) is 0 Å². The van der Waals surface area contributed by atoms with Crippen molar-refractivity contribution in [2.24, 2.45) is 0 Å². The number of benzene rings is 2. The number of carbonyl (C=O) groups is 1. The van der Waals surface area contributed by atoms with Crippen molar-refractivity contribution in [2.45, 2.75) is 22.2 Å². The fourth-order valence-corrected chi connectivity index (χ4v) is 3.28. The fourth-order valence-electron chi connectivity index (χ4n) is 2.14. The van der Waals surface area contributed by atoms with E-state index in [1.54, 1.807) is 18.0 Å². The summed E-state index contributed by atoms with van der Waals surface area (Å²) in [6.45, 7) is 2.31. The minimum absolute atomic E-state index is 0.348. The molecule has 0 aliphatic carbocycles. The molecule has 0 N–H and O–H groups in total. The van der Waals surface area contributed by atoms with Crippen LogP contribution >= 0.6 is 46.6 Å². The monoisotopic (exact) mass is 413 g/mol. The third-order valence-electron chi connectivity index (χ3n) is 3.29. The van der Waals surface area contributed by atoms with Gasteiger partial charge < -0.3 is 4.90 Å². The van der Waals surface area contributed by atoms with Gasteiger partial charge in [-0.2, -0.15) is 0 Å². The number of halogens is 3. The molecule has 2 nitrogen and oxygen atoms in total. The maximum atomic E-state index is 12.5. The number of nitrogens with zero attached hydrogens (tertiary/aromatic N) is 1. The van der Waals surface area contributed by atoms with Crippen LogP contribution in [0.25, 0.3) is 0 Å². The van der Waals surface area contributed by atoms with Crippen molar-refractivity contribution in [3.8, 4) is 0 Å². The first-order chi connectivity index (χ1) is 11.9. The Bertz CT molecular complexity index is 714. The second-order valence-electron chi connectivity index (χ2n) is 5.49. The van der Waals surface area contributed by atoms with Crippen LogP contribution < -0.4 is 0 Å². The van der Waals surface area contributed by atoms with Gasteiger partial charge in [0.25, 0.3) is 9.70 Å². The summed E-state index contributed by atoms with van der Waals surface area (Å²) >= 11 is 19.1. The molecule has 0 atom stereocenters.